The predicted octanol–water partition coefficient (Wildman–Crippen LogP) is 4.86. The largest absolute Gasteiger partial charge is 0.494 e. The number of aryl methyl sites for hydroxylation is 1. The lowest BCUT2D eigenvalue weighted by molar-refractivity contribution is 0.0998. The Morgan fingerprint density at radius 2 is 1.88 bits per heavy atom. The van der Waals surface area contributed by atoms with Crippen LogP contribution in [-0.4, -0.2) is 17.1 Å². The van der Waals surface area contributed by atoms with E-state index < -0.39 is 0 Å². The van der Waals surface area contributed by atoms with E-state index in [4.69, 9.17) is 16.3 Å². The van der Waals surface area contributed by atoms with Crippen LogP contribution in [0.25, 0.3) is 11.3 Å². The Labute approximate surface area is 161 Å². The second-order valence-electron chi connectivity index (χ2n) is 5.70. The Bertz CT molecular complexity index is 1000. The molecule has 0 N–H and O–H groups in total. The van der Waals surface area contributed by atoms with Crippen molar-refractivity contribution >= 4 is 28.8 Å². The van der Waals surface area contributed by atoms with Gasteiger partial charge in [-0.15, -0.1) is 11.3 Å². The molecule has 3 aromatic rings. The third-order valence-electron chi connectivity index (χ3n) is 3.94. The smallest absolute Gasteiger partial charge is 0.281 e. The Kier molecular flexibility index (Phi) is 5.59. The summed E-state index contributed by atoms with van der Waals surface area (Å²) in [4.78, 5) is 18.5. The topological polar surface area (TPSA) is 43.6 Å². The van der Waals surface area contributed by atoms with Crippen LogP contribution in [0.15, 0.2) is 53.5 Å². The maximum absolute atomic E-state index is 12.5. The van der Waals surface area contributed by atoms with E-state index in [1.165, 1.54) is 11.3 Å². The van der Waals surface area contributed by atoms with E-state index in [2.05, 4.69) is 4.99 Å². The molecule has 1 amide bonds. The van der Waals surface area contributed by atoms with E-state index in [1.807, 2.05) is 49.7 Å². The number of rotatable bonds is 4. The monoisotopic (exact) mass is 386 g/mol. The highest BCUT2D eigenvalue weighted by molar-refractivity contribution is 7.09. The van der Waals surface area contributed by atoms with Crippen LogP contribution in [0.1, 0.15) is 22.2 Å². The van der Waals surface area contributed by atoms with Crippen molar-refractivity contribution < 1.29 is 9.53 Å². The number of ether oxygens (including phenoxy) is 1. The van der Waals surface area contributed by atoms with E-state index in [0.717, 1.165) is 21.9 Å². The lowest BCUT2D eigenvalue weighted by atomic mass is 10.1. The number of hydrogen-bond acceptors (Lipinski definition) is 3. The van der Waals surface area contributed by atoms with Crippen molar-refractivity contribution in [1.82, 2.24) is 4.57 Å². The zero-order valence-corrected chi connectivity index (χ0v) is 16.4. The van der Waals surface area contributed by atoms with Crippen LogP contribution in [0.3, 0.4) is 0 Å². The van der Waals surface area contributed by atoms with Crippen molar-refractivity contribution in [2.75, 3.05) is 6.61 Å². The number of carbonyl (C=O) groups excluding carboxylic acids is 1. The Morgan fingerprint density at radius 1 is 1.19 bits per heavy atom. The van der Waals surface area contributed by atoms with Gasteiger partial charge in [0.25, 0.3) is 5.91 Å². The number of halogens is 1. The van der Waals surface area contributed by atoms with E-state index in [-0.39, 0.29) is 5.91 Å². The summed E-state index contributed by atoms with van der Waals surface area (Å²) in [7, 11) is 1.91. The number of carbonyl (C=O) groups is 1. The quantitative estimate of drug-likeness (QED) is 0.643. The molecular weight excluding hydrogens is 368 g/mol. The Balaban J connectivity index is 2.00. The third kappa shape index (κ3) is 3.74. The van der Waals surface area contributed by atoms with Crippen molar-refractivity contribution in [3.63, 3.8) is 0 Å². The van der Waals surface area contributed by atoms with Crippen molar-refractivity contribution in [3.05, 3.63) is 68.8 Å². The van der Waals surface area contributed by atoms with Crippen molar-refractivity contribution in [1.29, 1.82) is 0 Å². The molecule has 1 heterocycles. The van der Waals surface area contributed by atoms with Crippen LogP contribution in [0, 0.1) is 6.92 Å². The minimum atomic E-state index is -0.342. The van der Waals surface area contributed by atoms with E-state index >= 15 is 0 Å². The maximum Gasteiger partial charge on any atom is 0.281 e. The molecule has 0 spiro atoms. The molecule has 26 heavy (non-hydrogen) atoms. The predicted molar refractivity (Wildman–Crippen MR) is 106 cm³/mol. The summed E-state index contributed by atoms with van der Waals surface area (Å²) in [6, 6.07) is 14.9. The summed E-state index contributed by atoms with van der Waals surface area (Å²) in [6.07, 6.45) is 0. The second-order valence-corrected chi connectivity index (χ2v) is 7.29. The summed E-state index contributed by atoms with van der Waals surface area (Å²) >= 11 is 7.58. The van der Waals surface area contributed by atoms with E-state index in [1.54, 1.807) is 24.3 Å². The van der Waals surface area contributed by atoms with Gasteiger partial charge in [0.2, 0.25) is 0 Å². The first kappa shape index (κ1) is 18.4. The highest BCUT2D eigenvalue weighted by atomic mass is 35.5. The zero-order valence-electron chi connectivity index (χ0n) is 14.8. The summed E-state index contributed by atoms with van der Waals surface area (Å²) in [5.41, 5.74) is 2.49. The number of aromatic nitrogens is 1. The molecule has 6 heteroatoms. The first-order chi connectivity index (χ1) is 12.5. The molecule has 3 rings (SSSR count). The van der Waals surface area contributed by atoms with Crippen LogP contribution in [0.2, 0.25) is 5.02 Å². The molecule has 1 aromatic heterocycles. The summed E-state index contributed by atoms with van der Waals surface area (Å²) in [5.74, 6) is 0.497. The first-order valence-electron chi connectivity index (χ1n) is 8.24. The second kappa shape index (κ2) is 7.89. The number of thiazole rings is 1. The van der Waals surface area contributed by atoms with Gasteiger partial charge in [-0.05, 0) is 55.8 Å². The van der Waals surface area contributed by atoms with E-state index in [0.29, 0.717) is 22.0 Å². The lowest BCUT2D eigenvalue weighted by Crippen LogP contribution is -2.14. The number of hydrogen-bond donors (Lipinski definition) is 0. The molecule has 0 saturated carbocycles. The molecule has 4 nitrogen and oxygen atoms in total. The number of amides is 1. The fourth-order valence-electron chi connectivity index (χ4n) is 2.74. The third-order valence-corrected chi connectivity index (χ3v) is 5.32. The Morgan fingerprint density at radius 3 is 2.54 bits per heavy atom. The average molecular weight is 387 g/mol. The molecule has 2 aromatic carbocycles. The molecule has 0 aliphatic heterocycles. The van der Waals surface area contributed by atoms with Crippen LogP contribution in [0.5, 0.6) is 5.75 Å². The summed E-state index contributed by atoms with van der Waals surface area (Å²) in [5, 5.41) is 0.406. The van der Waals surface area contributed by atoms with Gasteiger partial charge < -0.3 is 9.30 Å². The molecule has 0 radical (unpaired) electrons. The van der Waals surface area contributed by atoms with Crippen LogP contribution in [0.4, 0.5) is 0 Å². The molecule has 0 unspecified atom stereocenters. The first-order valence-corrected chi connectivity index (χ1v) is 9.44. The summed E-state index contributed by atoms with van der Waals surface area (Å²) in [6.45, 7) is 4.62. The van der Waals surface area contributed by atoms with Crippen molar-refractivity contribution in [3.8, 4) is 17.0 Å². The van der Waals surface area contributed by atoms with Gasteiger partial charge in [0.05, 0.1) is 22.9 Å². The molecule has 0 bridgehead atoms. The SMILES string of the molecule is CCOc1ccc(-c2c(C)sc(=NC(=O)c3ccccc3Cl)n2C)cc1. The van der Waals surface area contributed by atoms with Gasteiger partial charge in [-0.3, -0.25) is 4.79 Å². The van der Waals surface area contributed by atoms with Crippen molar-refractivity contribution in [2.24, 2.45) is 12.0 Å². The molecule has 0 aliphatic carbocycles. The molecule has 0 fully saturated rings. The van der Waals surface area contributed by atoms with Crippen LogP contribution >= 0.6 is 22.9 Å². The van der Waals surface area contributed by atoms with Crippen LogP contribution in [-0.2, 0) is 7.05 Å². The van der Waals surface area contributed by atoms with Crippen LogP contribution < -0.4 is 9.54 Å². The molecule has 0 atom stereocenters. The van der Waals surface area contributed by atoms with Gasteiger partial charge in [-0.2, -0.15) is 4.99 Å². The minimum absolute atomic E-state index is 0.342. The van der Waals surface area contributed by atoms with Gasteiger partial charge in [0.1, 0.15) is 5.75 Å². The normalized spacial score (nSPS) is 11.6. The summed E-state index contributed by atoms with van der Waals surface area (Å²) < 4.78 is 7.43. The van der Waals surface area contributed by atoms with Gasteiger partial charge in [-0.1, -0.05) is 23.7 Å². The van der Waals surface area contributed by atoms with Crippen molar-refractivity contribution in [2.45, 2.75) is 13.8 Å². The van der Waals surface area contributed by atoms with Gasteiger partial charge in [0, 0.05) is 11.9 Å². The molecule has 0 saturated heterocycles. The Hall–Kier alpha value is -2.37. The van der Waals surface area contributed by atoms with Gasteiger partial charge in [-0.25, -0.2) is 0 Å². The molecule has 134 valence electrons. The highest BCUT2D eigenvalue weighted by Crippen LogP contribution is 2.26. The zero-order chi connectivity index (χ0) is 18.7. The molecule has 0 aliphatic rings. The minimum Gasteiger partial charge on any atom is -0.494 e. The standard InChI is InChI=1S/C20H19ClN2O2S/c1-4-25-15-11-9-14(10-12-15)18-13(2)26-20(23(18)3)22-19(24)16-7-5-6-8-17(16)21/h5-12H,4H2,1-3H3. The average Bonchev–Trinajstić information content (AvgIpc) is 2.90. The van der Waals surface area contributed by atoms with Gasteiger partial charge in [0.15, 0.2) is 4.80 Å². The number of nitrogens with zero attached hydrogens (tertiary/aromatic N) is 2. The maximum atomic E-state index is 12.5. The fourth-order valence-corrected chi connectivity index (χ4v) is 3.94. The molecular formula is C20H19ClN2O2S. The fraction of sp³-hybridized carbons (Fsp3) is 0.200. The highest BCUT2D eigenvalue weighted by Gasteiger charge is 2.13. The van der Waals surface area contributed by atoms with Gasteiger partial charge >= 0.3 is 0 Å². The lowest BCUT2D eigenvalue weighted by Gasteiger charge is -2.07. The number of benzene rings is 2. The van der Waals surface area contributed by atoms with E-state index in [9.17, 15) is 4.79 Å².